The molecule has 3 aromatic carbocycles. The molecule has 0 N–H and O–H groups in total. The van der Waals surface area contributed by atoms with Gasteiger partial charge in [0.25, 0.3) is 5.91 Å². The number of amides is 1. The van der Waals surface area contributed by atoms with Crippen molar-refractivity contribution in [3.8, 4) is 5.75 Å². The Bertz CT molecular complexity index is 1510. The van der Waals surface area contributed by atoms with E-state index in [4.69, 9.17) is 9.47 Å². The highest BCUT2D eigenvalue weighted by atomic mass is 33.1. The number of hydrogen-bond donors (Lipinski definition) is 0. The lowest BCUT2D eigenvalue weighted by molar-refractivity contribution is -0.161. The van der Waals surface area contributed by atoms with Crippen LogP contribution in [0, 0.1) is 5.82 Å². The van der Waals surface area contributed by atoms with Crippen LogP contribution in [0.3, 0.4) is 0 Å². The quantitative estimate of drug-likeness (QED) is 0.107. The Morgan fingerprint density at radius 3 is 2.35 bits per heavy atom. The van der Waals surface area contributed by atoms with Crippen molar-refractivity contribution in [3.05, 3.63) is 108 Å². The Hall–Kier alpha value is -3.96. The molecule has 0 aliphatic carbocycles. The monoisotopic (exact) mass is 582 g/mol. The van der Waals surface area contributed by atoms with Gasteiger partial charge in [0.05, 0.1) is 12.0 Å². The van der Waals surface area contributed by atoms with Crippen LogP contribution in [0.15, 0.2) is 101 Å². The minimum absolute atomic E-state index is 0.0505. The first-order valence-electron chi connectivity index (χ1n) is 12.1. The number of carbonyl (C=O) groups is 2. The van der Waals surface area contributed by atoms with Gasteiger partial charge in [-0.1, -0.05) is 49.0 Å². The molecule has 1 aliphatic heterocycles. The molecular weight excluding hydrogens is 555 g/mol. The van der Waals surface area contributed by atoms with Crippen LogP contribution in [0.25, 0.3) is 0 Å². The highest BCUT2D eigenvalue weighted by Crippen LogP contribution is 2.41. The number of aliphatic imine (C=N–C) groups is 1. The summed E-state index contributed by atoms with van der Waals surface area (Å²) in [6.45, 7) is 5.36. The van der Waals surface area contributed by atoms with Crippen molar-refractivity contribution >= 4 is 37.8 Å². The maximum Gasteiger partial charge on any atom is 0.333 e. The van der Waals surface area contributed by atoms with Crippen molar-refractivity contribution in [2.75, 3.05) is 7.11 Å². The second-order valence-corrected chi connectivity index (χ2v) is 12.9. The molecule has 1 saturated heterocycles. The van der Waals surface area contributed by atoms with E-state index in [1.807, 2.05) is 0 Å². The van der Waals surface area contributed by atoms with Crippen LogP contribution in [0.2, 0.25) is 0 Å². The summed E-state index contributed by atoms with van der Waals surface area (Å²) >= 11 is 0. The lowest BCUT2D eigenvalue weighted by atomic mass is 9.99. The molecule has 3 atom stereocenters. The molecule has 0 spiro atoms. The molecule has 0 radical (unpaired) electrons. The van der Waals surface area contributed by atoms with Gasteiger partial charge < -0.3 is 14.4 Å². The molecule has 1 aliphatic rings. The standard InChI is InChI=1S/C29H27FN2O6S2/c1-19(2)26(29(34)38-18-21-11-15-23(37-3)16-12-21)32-27(33)25(31-17-20-9-13-22(30)14-10-20)28(32)39-40(35,36)24-7-5-4-6-8-24/h4-17,25-26,28H,1,18H2,2-3H3. The van der Waals surface area contributed by atoms with E-state index >= 15 is 0 Å². The fourth-order valence-electron chi connectivity index (χ4n) is 3.98. The largest absolute Gasteiger partial charge is 0.497 e. The first kappa shape index (κ1) is 29.0. The van der Waals surface area contributed by atoms with Crippen molar-refractivity contribution in [3.63, 3.8) is 0 Å². The number of ether oxygens (including phenoxy) is 2. The van der Waals surface area contributed by atoms with E-state index in [2.05, 4.69) is 11.6 Å². The van der Waals surface area contributed by atoms with Crippen LogP contribution < -0.4 is 4.74 Å². The molecule has 208 valence electrons. The molecule has 40 heavy (non-hydrogen) atoms. The van der Waals surface area contributed by atoms with Crippen molar-refractivity contribution < 1.29 is 31.9 Å². The summed E-state index contributed by atoms with van der Waals surface area (Å²) in [5.41, 5.74) is 1.53. The Morgan fingerprint density at radius 1 is 1.10 bits per heavy atom. The SMILES string of the molecule is C=C(C)C(C(=O)OCc1ccc(OC)cc1)N1C(=O)C(N=Cc2ccc(F)cc2)C1SS(=O)(=O)c1ccccc1. The normalized spacial score (nSPS) is 17.8. The molecule has 8 nitrogen and oxygen atoms in total. The van der Waals surface area contributed by atoms with Gasteiger partial charge in [0, 0.05) is 17.0 Å². The second kappa shape index (κ2) is 12.5. The zero-order chi connectivity index (χ0) is 28.9. The number of rotatable bonds is 11. The number of methoxy groups -OCH3 is 1. The zero-order valence-corrected chi connectivity index (χ0v) is 23.4. The van der Waals surface area contributed by atoms with Gasteiger partial charge in [-0.2, -0.15) is 0 Å². The summed E-state index contributed by atoms with van der Waals surface area (Å²) in [5.74, 6) is -1.09. The predicted octanol–water partition coefficient (Wildman–Crippen LogP) is 4.60. The third-order valence-corrected chi connectivity index (χ3v) is 9.79. The molecule has 0 bridgehead atoms. The summed E-state index contributed by atoms with van der Waals surface area (Å²) in [5, 5.41) is -1.05. The Labute approximate surface area is 235 Å². The molecule has 3 unspecified atom stereocenters. The van der Waals surface area contributed by atoms with E-state index in [-0.39, 0.29) is 11.5 Å². The highest BCUT2D eigenvalue weighted by Gasteiger charge is 2.55. The lowest BCUT2D eigenvalue weighted by Crippen LogP contribution is -2.67. The fraction of sp³-hybridized carbons (Fsp3) is 0.207. The minimum atomic E-state index is -3.94. The predicted molar refractivity (Wildman–Crippen MR) is 151 cm³/mol. The van der Waals surface area contributed by atoms with Crippen LogP contribution in [0.5, 0.6) is 5.75 Å². The molecule has 3 aromatic rings. The van der Waals surface area contributed by atoms with Gasteiger partial charge in [0.2, 0.25) is 8.87 Å². The topological polar surface area (TPSA) is 102 Å². The third kappa shape index (κ3) is 6.60. The Kier molecular flexibility index (Phi) is 9.06. The number of carbonyl (C=O) groups excluding carboxylic acids is 2. The van der Waals surface area contributed by atoms with E-state index in [0.717, 1.165) is 4.90 Å². The summed E-state index contributed by atoms with van der Waals surface area (Å²) in [4.78, 5) is 32.1. The van der Waals surface area contributed by atoms with Crippen molar-refractivity contribution in [1.82, 2.24) is 4.90 Å². The lowest BCUT2D eigenvalue weighted by Gasteiger charge is -2.47. The Morgan fingerprint density at radius 2 is 1.75 bits per heavy atom. The maximum absolute atomic E-state index is 13.3. The number of nitrogens with zero attached hydrogens (tertiary/aromatic N) is 2. The molecule has 0 saturated carbocycles. The van der Waals surface area contributed by atoms with E-state index in [1.165, 1.54) is 42.6 Å². The number of hydrogen-bond acceptors (Lipinski definition) is 8. The Balaban J connectivity index is 1.59. The molecule has 4 rings (SSSR count). The molecule has 11 heteroatoms. The van der Waals surface area contributed by atoms with Gasteiger partial charge in [-0.25, -0.2) is 17.6 Å². The minimum Gasteiger partial charge on any atom is -0.497 e. The van der Waals surface area contributed by atoms with Crippen LogP contribution in [-0.2, 0) is 29.8 Å². The van der Waals surface area contributed by atoms with Gasteiger partial charge in [-0.15, -0.1) is 0 Å². The number of β-lactam (4-membered cyclic amide) rings is 1. The van der Waals surface area contributed by atoms with Gasteiger partial charge in [-0.05, 0) is 60.0 Å². The molecule has 0 aromatic heterocycles. The van der Waals surface area contributed by atoms with Crippen molar-refractivity contribution in [2.45, 2.75) is 35.9 Å². The zero-order valence-electron chi connectivity index (χ0n) is 21.8. The molecule has 1 fully saturated rings. The number of benzene rings is 3. The summed E-state index contributed by atoms with van der Waals surface area (Å²) in [6.07, 6.45) is 1.37. The third-order valence-electron chi connectivity index (χ3n) is 6.07. The van der Waals surface area contributed by atoms with Crippen LogP contribution >= 0.6 is 10.8 Å². The average molecular weight is 583 g/mol. The first-order chi connectivity index (χ1) is 19.1. The number of halogens is 1. The van der Waals surface area contributed by atoms with Crippen LogP contribution in [0.1, 0.15) is 18.1 Å². The van der Waals surface area contributed by atoms with E-state index in [0.29, 0.717) is 33.2 Å². The van der Waals surface area contributed by atoms with Crippen LogP contribution in [0.4, 0.5) is 4.39 Å². The van der Waals surface area contributed by atoms with E-state index < -0.39 is 44.0 Å². The second-order valence-electron chi connectivity index (χ2n) is 8.98. The summed E-state index contributed by atoms with van der Waals surface area (Å²) in [6, 6.07) is 17.8. The smallest absolute Gasteiger partial charge is 0.333 e. The average Bonchev–Trinajstić information content (AvgIpc) is 2.95. The molecule has 1 heterocycles. The fourth-order valence-corrected chi connectivity index (χ4v) is 7.49. The van der Waals surface area contributed by atoms with Gasteiger partial charge in [0.15, 0.2) is 12.1 Å². The number of esters is 1. The van der Waals surface area contributed by atoms with E-state index in [9.17, 15) is 22.4 Å². The van der Waals surface area contributed by atoms with Crippen molar-refractivity contribution in [2.24, 2.45) is 4.99 Å². The van der Waals surface area contributed by atoms with Crippen molar-refractivity contribution in [1.29, 1.82) is 0 Å². The number of likely N-dealkylation sites (tertiary alicyclic amines) is 1. The molecule has 1 amide bonds. The summed E-state index contributed by atoms with van der Waals surface area (Å²) in [7, 11) is -1.88. The van der Waals surface area contributed by atoms with Gasteiger partial charge >= 0.3 is 5.97 Å². The van der Waals surface area contributed by atoms with E-state index in [1.54, 1.807) is 56.5 Å². The highest BCUT2D eigenvalue weighted by molar-refractivity contribution is 8.72. The van der Waals surface area contributed by atoms with Crippen LogP contribution in [-0.4, -0.2) is 56.0 Å². The maximum atomic E-state index is 13.3. The summed E-state index contributed by atoms with van der Waals surface area (Å²) < 4.78 is 50.4. The first-order valence-corrected chi connectivity index (χ1v) is 15.0. The molecular formula is C29H27FN2O6S2. The van der Waals surface area contributed by atoms with Gasteiger partial charge in [0.1, 0.15) is 23.5 Å². The van der Waals surface area contributed by atoms with Gasteiger partial charge in [-0.3, -0.25) is 9.79 Å².